The van der Waals surface area contributed by atoms with Gasteiger partial charge < -0.3 is 20.1 Å². The van der Waals surface area contributed by atoms with Crippen LogP contribution >= 0.6 is 0 Å². The van der Waals surface area contributed by atoms with Crippen molar-refractivity contribution in [2.75, 3.05) is 23.7 Å². The third-order valence-corrected chi connectivity index (χ3v) is 6.27. The van der Waals surface area contributed by atoms with E-state index in [-0.39, 0.29) is 40.8 Å². The molecule has 2 aliphatic rings. The molecule has 8 heteroatoms. The van der Waals surface area contributed by atoms with E-state index in [9.17, 15) is 18.8 Å². The minimum Gasteiger partial charge on any atom is -0.324 e. The normalized spacial score (nSPS) is 18.9. The number of nitrogens with one attached hydrogen (secondary N) is 2. The number of hydrogen-bond acceptors (Lipinski definition) is 3. The van der Waals surface area contributed by atoms with Gasteiger partial charge in [0, 0.05) is 42.5 Å². The zero-order valence-corrected chi connectivity index (χ0v) is 17.8. The summed E-state index contributed by atoms with van der Waals surface area (Å²) in [4.78, 5) is 40.1. The van der Waals surface area contributed by atoms with Gasteiger partial charge in [0.05, 0.1) is 0 Å². The molecule has 2 bridgehead atoms. The monoisotopic (exact) mass is 446 g/mol. The number of anilines is 2. The highest BCUT2D eigenvalue weighted by Crippen LogP contribution is 2.35. The van der Waals surface area contributed by atoms with E-state index in [0.29, 0.717) is 30.9 Å². The van der Waals surface area contributed by atoms with E-state index >= 15 is 0 Å². The van der Waals surface area contributed by atoms with E-state index in [1.807, 2.05) is 12.1 Å². The van der Waals surface area contributed by atoms with Crippen LogP contribution in [0.25, 0.3) is 0 Å². The van der Waals surface area contributed by atoms with Crippen LogP contribution in [-0.2, 0) is 6.54 Å². The number of pyridine rings is 1. The molecule has 5 rings (SSSR count). The van der Waals surface area contributed by atoms with Gasteiger partial charge in [-0.15, -0.1) is 0 Å². The van der Waals surface area contributed by atoms with Crippen molar-refractivity contribution in [2.24, 2.45) is 5.92 Å². The Kier molecular flexibility index (Phi) is 5.42. The SMILES string of the molecule is O=C(Nc1ccc2n(c1=O)CC1CC2CN(C(=O)Nc2ccc(F)cc2)C1)c1ccccc1. The Bertz CT molecular complexity index is 1260. The summed E-state index contributed by atoms with van der Waals surface area (Å²) in [5.74, 6) is -0.522. The minimum atomic E-state index is -0.359. The number of amides is 3. The van der Waals surface area contributed by atoms with E-state index < -0.39 is 0 Å². The quantitative estimate of drug-likeness (QED) is 0.640. The van der Waals surface area contributed by atoms with Gasteiger partial charge in [0.1, 0.15) is 11.5 Å². The summed E-state index contributed by atoms with van der Waals surface area (Å²) in [5.41, 5.74) is 1.91. The van der Waals surface area contributed by atoms with Gasteiger partial charge in [-0.1, -0.05) is 18.2 Å². The van der Waals surface area contributed by atoms with Crippen LogP contribution in [0.4, 0.5) is 20.6 Å². The number of nitrogens with zero attached hydrogens (tertiary/aromatic N) is 2. The molecular formula is C25H23FN4O3. The molecule has 1 saturated heterocycles. The van der Waals surface area contributed by atoms with Gasteiger partial charge in [-0.3, -0.25) is 9.59 Å². The number of aromatic nitrogens is 1. The number of rotatable bonds is 3. The maximum absolute atomic E-state index is 13.1. The summed E-state index contributed by atoms with van der Waals surface area (Å²) >= 11 is 0. The average molecular weight is 446 g/mol. The van der Waals surface area contributed by atoms with Crippen molar-refractivity contribution in [1.82, 2.24) is 9.47 Å². The van der Waals surface area contributed by atoms with E-state index in [2.05, 4.69) is 10.6 Å². The molecule has 2 aliphatic heterocycles. The van der Waals surface area contributed by atoms with Crippen molar-refractivity contribution < 1.29 is 14.0 Å². The van der Waals surface area contributed by atoms with Crippen LogP contribution in [0.1, 0.15) is 28.4 Å². The van der Waals surface area contributed by atoms with Gasteiger partial charge in [0.15, 0.2) is 0 Å². The Morgan fingerprint density at radius 3 is 2.39 bits per heavy atom. The van der Waals surface area contributed by atoms with Crippen molar-refractivity contribution in [3.8, 4) is 0 Å². The maximum atomic E-state index is 13.1. The number of hydrogen-bond donors (Lipinski definition) is 2. The van der Waals surface area contributed by atoms with Crippen molar-refractivity contribution in [2.45, 2.75) is 18.9 Å². The summed E-state index contributed by atoms with van der Waals surface area (Å²) in [7, 11) is 0. The second kappa shape index (κ2) is 8.54. The number of piperidine rings is 1. The molecule has 3 aromatic rings. The fourth-order valence-electron chi connectivity index (χ4n) is 4.73. The molecule has 1 aromatic heterocycles. The molecule has 33 heavy (non-hydrogen) atoms. The van der Waals surface area contributed by atoms with Crippen LogP contribution in [0, 0.1) is 11.7 Å². The Labute approximate surface area is 189 Å². The van der Waals surface area contributed by atoms with Gasteiger partial charge in [0.2, 0.25) is 0 Å². The average Bonchev–Trinajstić information content (AvgIpc) is 2.83. The molecule has 3 amide bonds. The summed E-state index contributed by atoms with van der Waals surface area (Å²) in [5, 5.41) is 5.54. The van der Waals surface area contributed by atoms with E-state index in [4.69, 9.17) is 0 Å². The Morgan fingerprint density at radius 2 is 1.64 bits per heavy atom. The number of urea groups is 1. The first kappa shape index (κ1) is 20.9. The zero-order chi connectivity index (χ0) is 22.9. The van der Waals surface area contributed by atoms with Gasteiger partial charge in [-0.05, 0) is 60.9 Å². The van der Waals surface area contributed by atoms with Crippen molar-refractivity contribution in [1.29, 1.82) is 0 Å². The number of likely N-dealkylation sites (tertiary alicyclic amines) is 1. The predicted molar refractivity (Wildman–Crippen MR) is 123 cm³/mol. The van der Waals surface area contributed by atoms with Crippen LogP contribution in [0.2, 0.25) is 0 Å². The summed E-state index contributed by atoms with van der Waals surface area (Å²) in [6.45, 7) is 1.49. The number of carbonyl (C=O) groups is 2. The fourth-order valence-corrected chi connectivity index (χ4v) is 4.73. The van der Waals surface area contributed by atoms with Crippen LogP contribution in [-0.4, -0.2) is 34.5 Å². The number of benzene rings is 2. The molecule has 2 atom stereocenters. The highest BCUT2D eigenvalue weighted by molar-refractivity contribution is 6.04. The second-order valence-corrected chi connectivity index (χ2v) is 8.55. The van der Waals surface area contributed by atoms with Gasteiger partial charge in [0.25, 0.3) is 11.5 Å². The molecule has 1 fully saturated rings. The summed E-state index contributed by atoms with van der Waals surface area (Å²) in [6, 6.07) is 17.7. The highest BCUT2D eigenvalue weighted by Gasteiger charge is 2.36. The van der Waals surface area contributed by atoms with Crippen molar-refractivity contribution >= 4 is 23.3 Å². The number of halogens is 1. The zero-order valence-electron chi connectivity index (χ0n) is 17.8. The Morgan fingerprint density at radius 1 is 0.879 bits per heavy atom. The molecule has 7 nitrogen and oxygen atoms in total. The largest absolute Gasteiger partial charge is 0.324 e. The minimum absolute atomic E-state index is 0.0306. The molecular weight excluding hydrogens is 423 g/mol. The second-order valence-electron chi connectivity index (χ2n) is 8.55. The van der Waals surface area contributed by atoms with Gasteiger partial charge in [-0.25, -0.2) is 9.18 Å². The number of carbonyl (C=O) groups excluding carboxylic acids is 2. The smallest absolute Gasteiger partial charge is 0.321 e. The highest BCUT2D eigenvalue weighted by atomic mass is 19.1. The van der Waals surface area contributed by atoms with Gasteiger partial charge >= 0.3 is 6.03 Å². The molecule has 2 N–H and O–H groups in total. The topological polar surface area (TPSA) is 83.4 Å². The van der Waals surface area contributed by atoms with E-state index in [1.54, 1.807) is 39.8 Å². The standard InChI is InChI=1S/C25H23FN4O3/c26-19-6-8-20(9-7-19)27-25(33)29-13-16-12-18(15-29)22-11-10-21(24(32)30(22)14-16)28-23(31)17-4-2-1-3-5-17/h1-11,16,18H,12-15H2,(H,27,33)(H,28,31). The first-order chi connectivity index (χ1) is 16.0. The third-order valence-electron chi connectivity index (χ3n) is 6.27. The van der Waals surface area contributed by atoms with Crippen molar-refractivity contribution in [3.63, 3.8) is 0 Å². The van der Waals surface area contributed by atoms with E-state index in [0.717, 1.165) is 12.1 Å². The molecule has 0 aliphatic carbocycles. The van der Waals surface area contributed by atoms with Crippen LogP contribution in [0.15, 0.2) is 71.5 Å². The van der Waals surface area contributed by atoms with E-state index in [1.165, 1.54) is 24.3 Å². The summed E-state index contributed by atoms with van der Waals surface area (Å²) in [6.07, 6.45) is 0.898. The fraction of sp³-hybridized carbons (Fsp3) is 0.240. The van der Waals surface area contributed by atoms with Gasteiger partial charge in [-0.2, -0.15) is 0 Å². The van der Waals surface area contributed by atoms with Crippen LogP contribution in [0.5, 0.6) is 0 Å². The molecule has 0 spiro atoms. The summed E-state index contributed by atoms with van der Waals surface area (Å²) < 4.78 is 14.8. The maximum Gasteiger partial charge on any atom is 0.321 e. The molecule has 3 heterocycles. The molecule has 2 unspecified atom stereocenters. The lowest BCUT2D eigenvalue weighted by atomic mass is 9.83. The lowest BCUT2D eigenvalue weighted by Crippen LogP contribution is -2.50. The molecule has 168 valence electrons. The Balaban J connectivity index is 1.32. The molecule has 0 saturated carbocycles. The first-order valence-electron chi connectivity index (χ1n) is 10.9. The molecule has 0 radical (unpaired) electrons. The Hall–Kier alpha value is -3.94. The molecule has 2 aromatic carbocycles. The lowest BCUT2D eigenvalue weighted by Gasteiger charge is -2.42. The lowest BCUT2D eigenvalue weighted by molar-refractivity contribution is 0.102. The van der Waals surface area contributed by atoms with Crippen LogP contribution < -0.4 is 16.2 Å². The first-order valence-corrected chi connectivity index (χ1v) is 10.9. The third kappa shape index (κ3) is 4.24. The van der Waals surface area contributed by atoms with Crippen molar-refractivity contribution in [3.05, 3.63) is 94.2 Å². The van der Waals surface area contributed by atoms with Crippen LogP contribution in [0.3, 0.4) is 0 Å². The number of fused-ring (bicyclic) bond motifs is 4. The predicted octanol–water partition coefficient (Wildman–Crippen LogP) is 3.89.